The standard InChI is InChI=1S/C26H29N5.ClH/c1-18(19-6-3-2-4-7-19)31-26-9-5-8-20(24(26)16-28-31)17-30(22-10-11-22)23-12-13-25-21(14-23)15-27-29-25;/h2-9,15-16,18,22-23H,10-14,17H2,1H3,(H,27,29);1H. The Hall–Kier alpha value is -2.63. The van der Waals surface area contributed by atoms with Crippen molar-refractivity contribution in [2.75, 3.05) is 0 Å². The Kier molecular flexibility index (Phi) is 5.78. The number of benzene rings is 2. The zero-order chi connectivity index (χ0) is 20.8. The van der Waals surface area contributed by atoms with Crippen molar-refractivity contribution in [2.24, 2.45) is 0 Å². The van der Waals surface area contributed by atoms with Crippen molar-refractivity contribution in [3.8, 4) is 0 Å². The van der Waals surface area contributed by atoms with Gasteiger partial charge in [-0.25, -0.2) is 0 Å². The summed E-state index contributed by atoms with van der Waals surface area (Å²) < 4.78 is 2.17. The van der Waals surface area contributed by atoms with Gasteiger partial charge < -0.3 is 0 Å². The number of hydrogen-bond donors (Lipinski definition) is 1. The van der Waals surface area contributed by atoms with Crippen molar-refractivity contribution in [3.63, 3.8) is 0 Å². The molecule has 0 aliphatic heterocycles. The third-order valence-electron chi connectivity index (χ3n) is 7.21. The Morgan fingerprint density at radius 2 is 1.88 bits per heavy atom. The number of fused-ring (bicyclic) bond motifs is 2. The molecule has 0 spiro atoms. The molecule has 2 unspecified atom stereocenters. The second-order valence-electron chi connectivity index (χ2n) is 9.20. The average molecular weight is 448 g/mol. The largest absolute Gasteiger partial charge is 0.293 e. The Balaban J connectivity index is 0.00000216. The first kappa shape index (κ1) is 21.2. The molecule has 1 fully saturated rings. The second-order valence-corrected chi connectivity index (χ2v) is 9.20. The first-order chi connectivity index (χ1) is 15.3. The van der Waals surface area contributed by atoms with Crippen molar-refractivity contribution in [3.05, 3.63) is 83.3 Å². The molecule has 2 aliphatic rings. The van der Waals surface area contributed by atoms with Gasteiger partial charge in [-0.05, 0) is 61.8 Å². The minimum atomic E-state index is 0. The highest BCUT2D eigenvalue weighted by Crippen LogP contribution is 2.36. The Bertz CT molecular complexity index is 1190. The quantitative estimate of drug-likeness (QED) is 0.435. The van der Waals surface area contributed by atoms with Crippen molar-refractivity contribution < 1.29 is 0 Å². The van der Waals surface area contributed by atoms with Gasteiger partial charge in [0, 0.05) is 29.7 Å². The van der Waals surface area contributed by atoms with Gasteiger partial charge in [0.2, 0.25) is 0 Å². The fraction of sp³-hybridized carbons (Fsp3) is 0.385. The van der Waals surface area contributed by atoms with Gasteiger partial charge in [-0.2, -0.15) is 10.2 Å². The van der Waals surface area contributed by atoms with Crippen LogP contribution in [0.3, 0.4) is 0 Å². The molecule has 4 aromatic rings. The molecule has 0 radical (unpaired) electrons. The lowest BCUT2D eigenvalue weighted by Crippen LogP contribution is -2.40. The van der Waals surface area contributed by atoms with Gasteiger partial charge >= 0.3 is 0 Å². The Morgan fingerprint density at radius 3 is 2.69 bits per heavy atom. The van der Waals surface area contributed by atoms with Crippen LogP contribution in [-0.4, -0.2) is 37.0 Å². The lowest BCUT2D eigenvalue weighted by atomic mass is 9.92. The smallest absolute Gasteiger partial charge is 0.0747 e. The predicted molar refractivity (Wildman–Crippen MR) is 130 cm³/mol. The van der Waals surface area contributed by atoms with Crippen molar-refractivity contribution >= 4 is 23.3 Å². The molecule has 166 valence electrons. The molecule has 1 saturated carbocycles. The lowest BCUT2D eigenvalue weighted by Gasteiger charge is -2.34. The van der Waals surface area contributed by atoms with Gasteiger partial charge in [0.05, 0.1) is 24.0 Å². The summed E-state index contributed by atoms with van der Waals surface area (Å²) in [6.07, 6.45) is 10.2. The Morgan fingerprint density at radius 1 is 1.03 bits per heavy atom. The summed E-state index contributed by atoms with van der Waals surface area (Å²) in [6, 6.07) is 18.9. The molecule has 0 saturated heterocycles. The third kappa shape index (κ3) is 3.84. The maximum atomic E-state index is 4.82. The second kappa shape index (κ2) is 8.72. The number of halogens is 1. The van der Waals surface area contributed by atoms with E-state index in [-0.39, 0.29) is 18.4 Å². The summed E-state index contributed by atoms with van der Waals surface area (Å²) in [6.45, 7) is 3.24. The van der Waals surface area contributed by atoms with E-state index in [0.717, 1.165) is 25.4 Å². The molecule has 1 N–H and O–H groups in total. The first-order valence-corrected chi connectivity index (χ1v) is 11.5. The number of aryl methyl sites for hydroxylation is 1. The molecule has 6 heteroatoms. The number of H-pyrrole nitrogens is 1. The molecular weight excluding hydrogens is 418 g/mol. The summed E-state index contributed by atoms with van der Waals surface area (Å²) in [7, 11) is 0. The zero-order valence-corrected chi connectivity index (χ0v) is 19.3. The van der Waals surface area contributed by atoms with Crippen LogP contribution in [0.25, 0.3) is 10.9 Å². The normalized spacial score (nSPS) is 19.0. The minimum absolute atomic E-state index is 0. The monoisotopic (exact) mass is 447 g/mol. The van der Waals surface area contributed by atoms with Crippen LogP contribution in [-0.2, 0) is 19.4 Å². The summed E-state index contributed by atoms with van der Waals surface area (Å²) >= 11 is 0. The van der Waals surface area contributed by atoms with E-state index in [4.69, 9.17) is 5.10 Å². The summed E-state index contributed by atoms with van der Waals surface area (Å²) in [5, 5.41) is 13.6. The highest BCUT2D eigenvalue weighted by Gasteiger charge is 2.36. The van der Waals surface area contributed by atoms with Crippen molar-refractivity contribution in [1.82, 2.24) is 24.9 Å². The van der Waals surface area contributed by atoms with Gasteiger partial charge in [0.15, 0.2) is 0 Å². The van der Waals surface area contributed by atoms with Gasteiger partial charge in [0.1, 0.15) is 0 Å². The maximum Gasteiger partial charge on any atom is 0.0747 e. The maximum absolute atomic E-state index is 4.82. The molecule has 6 rings (SSSR count). The van der Waals surface area contributed by atoms with E-state index in [2.05, 4.69) is 81.4 Å². The molecule has 2 aliphatic carbocycles. The van der Waals surface area contributed by atoms with Crippen molar-refractivity contribution in [1.29, 1.82) is 0 Å². The molecule has 0 amide bonds. The van der Waals surface area contributed by atoms with Crippen LogP contribution >= 0.6 is 12.4 Å². The van der Waals surface area contributed by atoms with Crippen LogP contribution in [0.1, 0.15) is 54.6 Å². The fourth-order valence-corrected chi connectivity index (χ4v) is 5.29. The number of aromatic nitrogens is 4. The topological polar surface area (TPSA) is 49.7 Å². The van der Waals surface area contributed by atoms with Crippen LogP contribution in [0.4, 0.5) is 0 Å². The highest BCUT2D eigenvalue weighted by molar-refractivity contribution is 5.85. The summed E-state index contributed by atoms with van der Waals surface area (Å²) in [5.41, 5.74) is 6.66. The van der Waals surface area contributed by atoms with Crippen LogP contribution < -0.4 is 0 Å². The van der Waals surface area contributed by atoms with Gasteiger partial charge in [-0.15, -0.1) is 12.4 Å². The van der Waals surface area contributed by atoms with E-state index in [1.165, 1.54) is 52.5 Å². The fourth-order valence-electron chi connectivity index (χ4n) is 5.29. The van der Waals surface area contributed by atoms with E-state index in [0.29, 0.717) is 6.04 Å². The Labute approximate surface area is 195 Å². The van der Waals surface area contributed by atoms with Gasteiger partial charge in [0.25, 0.3) is 0 Å². The van der Waals surface area contributed by atoms with Gasteiger partial charge in [-0.3, -0.25) is 14.7 Å². The first-order valence-electron chi connectivity index (χ1n) is 11.5. The van der Waals surface area contributed by atoms with Crippen LogP contribution in [0.5, 0.6) is 0 Å². The molecule has 5 nitrogen and oxygen atoms in total. The van der Waals surface area contributed by atoms with E-state index in [1.807, 2.05) is 6.20 Å². The number of nitrogens with one attached hydrogen (secondary N) is 1. The van der Waals surface area contributed by atoms with E-state index in [1.54, 1.807) is 0 Å². The lowest BCUT2D eigenvalue weighted by molar-refractivity contribution is 0.161. The molecule has 2 atom stereocenters. The van der Waals surface area contributed by atoms with E-state index >= 15 is 0 Å². The molecule has 2 aromatic carbocycles. The number of aromatic amines is 1. The number of hydrogen-bond acceptors (Lipinski definition) is 3. The summed E-state index contributed by atoms with van der Waals surface area (Å²) in [5.74, 6) is 0. The average Bonchev–Trinajstić information content (AvgIpc) is 3.38. The zero-order valence-electron chi connectivity index (χ0n) is 18.4. The predicted octanol–water partition coefficient (Wildman–Crippen LogP) is 5.31. The highest BCUT2D eigenvalue weighted by atomic mass is 35.5. The van der Waals surface area contributed by atoms with Crippen LogP contribution in [0.2, 0.25) is 0 Å². The summed E-state index contributed by atoms with van der Waals surface area (Å²) in [4.78, 5) is 2.77. The third-order valence-corrected chi connectivity index (χ3v) is 7.21. The van der Waals surface area contributed by atoms with Crippen LogP contribution in [0, 0.1) is 0 Å². The van der Waals surface area contributed by atoms with Gasteiger partial charge in [-0.1, -0.05) is 42.5 Å². The van der Waals surface area contributed by atoms with Crippen LogP contribution in [0.15, 0.2) is 60.9 Å². The number of rotatable bonds is 6. The molecule has 2 aromatic heterocycles. The number of nitrogens with zero attached hydrogens (tertiary/aromatic N) is 4. The van der Waals surface area contributed by atoms with E-state index < -0.39 is 0 Å². The molecular formula is C26H30ClN5. The van der Waals surface area contributed by atoms with E-state index in [9.17, 15) is 0 Å². The molecule has 0 bridgehead atoms. The molecule has 2 heterocycles. The SMILES string of the molecule is CC(c1ccccc1)n1ncc2c(CN(C3CC3)C3CCc4[nH]ncc4C3)cccc21.Cl. The van der Waals surface area contributed by atoms with Crippen molar-refractivity contribution in [2.45, 2.75) is 63.7 Å². The molecule has 32 heavy (non-hydrogen) atoms. The minimum Gasteiger partial charge on any atom is -0.293 e.